The van der Waals surface area contributed by atoms with Crippen LogP contribution in [0, 0.1) is 0 Å². The maximum atomic E-state index is 5.78. The first-order valence-electron chi connectivity index (χ1n) is 5.76. The van der Waals surface area contributed by atoms with Crippen LogP contribution in [0.15, 0.2) is 12.4 Å². The molecule has 4 heteroatoms. The van der Waals surface area contributed by atoms with E-state index in [-0.39, 0.29) is 0 Å². The lowest BCUT2D eigenvalue weighted by Crippen LogP contribution is -2.27. The van der Waals surface area contributed by atoms with Crippen LogP contribution in [0.25, 0.3) is 0 Å². The highest BCUT2D eigenvalue weighted by molar-refractivity contribution is 6.30. The maximum absolute atomic E-state index is 5.78. The van der Waals surface area contributed by atoms with Crippen LogP contribution in [0.5, 0.6) is 0 Å². The van der Waals surface area contributed by atoms with Gasteiger partial charge in [-0.3, -0.25) is 4.68 Å². The van der Waals surface area contributed by atoms with Crippen molar-refractivity contribution in [3.63, 3.8) is 0 Å². The molecule has 0 bridgehead atoms. The Morgan fingerprint density at radius 1 is 1.47 bits per heavy atom. The molecule has 0 saturated heterocycles. The molecule has 0 aromatic carbocycles. The van der Waals surface area contributed by atoms with Gasteiger partial charge in [-0.15, -0.1) is 0 Å². The zero-order valence-corrected chi connectivity index (χ0v) is 9.71. The van der Waals surface area contributed by atoms with Crippen molar-refractivity contribution in [1.29, 1.82) is 0 Å². The Morgan fingerprint density at radius 3 is 2.93 bits per heavy atom. The van der Waals surface area contributed by atoms with Gasteiger partial charge < -0.3 is 5.32 Å². The summed E-state index contributed by atoms with van der Waals surface area (Å²) < 4.78 is 1.90. The second-order valence-electron chi connectivity index (χ2n) is 4.21. The van der Waals surface area contributed by atoms with E-state index in [1.807, 2.05) is 10.9 Å². The molecular formula is C11H18ClN3. The minimum Gasteiger partial charge on any atom is -0.314 e. The molecule has 1 N–H and O–H groups in total. The molecule has 0 amide bonds. The lowest BCUT2D eigenvalue weighted by Gasteiger charge is -2.11. The molecule has 15 heavy (non-hydrogen) atoms. The lowest BCUT2D eigenvalue weighted by atomic mass is 10.2. The maximum Gasteiger partial charge on any atom is 0.0785 e. The van der Waals surface area contributed by atoms with E-state index in [0.29, 0.717) is 0 Å². The van der Waals surface area contributed by atoms with Crippen LogP contribution in [0.2, 0.25) is 5.02 Å². The second kappa shape index (κ2) is 5.52. The number of halogens is 1. The summed E-state index contributed by atoms with van der Waals surface area (Å²) in [6, 6.07) is 0.770. The number of hydrogen-bond acceptors (Lipinski definition) is 2. The average molecular weight is 228 g/mol. The summed E-state index contributed by atoms with van der Waals surface area (Å²) in [5.41, 5.74) is 0. The molecule has 0 radical (unpaired) electrons. The van der Waals surface area contributed by atoms with Crippen LogP contribution in [0.3, 0.4) is 0 Å². The third-order valence-corrected chi connectivity index (χ3v) is 3.15. The summed E-state index contributed by atoms with van der Waals surface area (Å²) in [6.07, 6.45) is 10.2. The number of nitrogens with zero attached hydrogens (tertiary/aromatic N) is 2. The number of aryl methyl sites for hydroxylation is 1. The number of nitrogens with one attached hydrogen (secondary N) is 1. The standard InChI is InChI=1S/C11H18ClN3/c12-10-8-14-15(9-10)7-3-6-13-11-4-1-2-5-11/h8-9,11,13H,1-7H2. The van der Waals surface area contributed by atoms with Crippen molar-refractivity contribution in [3.8, 4) is 0 Å². The third kappa shape index (κ3) is 3.50. The molecule has 0 aliphatic heterocycles. The van der Waals surface area contributed by atoms with E-state index >= 15 is 0 Å². The van der Waals surface area contributed by atoms with Crippen molar-refractivity contribution < 1.29 is 0 Å². The Kier molecular flexibility index (Phi) is 4.03. The van der Waals surface area contributed by atoms with Gasteiger partial charge in [0.1, 0.15) is 0 Å². The van der Waals surface area contributed by atoms with Crippen molar-refractivity contribution >= 4 is 11.6 Å². The minimum absolute atomic E-state index is 0.721. The minimum atomic E-state index is 0.721. The molecule has 84 valence electrons. The van der Waals surface area contributed by atoms with Gasteiger partial charge in [0.25, 0.3) is 0 Å². The summed E-state index contributed by atoms with van der Waals surface area (Å²) in [6.45, 7) is 2.04. The highest BCUT2D eigenvalue weighted by Gasteiger charge is 2.13. The molecule has 0 atom stereocenters. The molecule has 1 aliphatic rings. The first kappa shape index (κ1) is 11.0. The summed E-state index contributed by atoms with van der Waals surface area (Å²) in [7, 11) is 0. The fourth-order valence-corrected chi connectivity index (χ4v) is 2.29. The average Bonchev–Trinajstić information content (AvgIpc) is 2.84. The Balaban J connectivity index is 1.58. The highest BCUT2D eigenvalue weighted by Crippen LogP contribution is 2.17. The fraction of sp³-hybridized carbons (Fsp3) is 0.727. The molecule has 1 heterocycles. The Morgan fingerprint density at radius 2 is 2.27 bits per heavy atom. The quantitative estimate of drug-likeness (QED) is 0.784. The zero-order valence-electron chi connectivity index (χ0n) is 8.95. The van der Waals surface area contributed by atoms with Crippen molar-refractivity contribution in [2.75, 3.05) is 6.54 Å². The van der Waals surface area contributed by atoms with Crippen LogP contribution in [-0.2, 0) is 6.54 Å². The van der Waals surface area contributed by atoms with E-state index < -0.39 is 0 Å². The van der Waals surface area contributed by atoms with Gasteiger partial charge in [-0.25, -0.2) is 0 Å². The van der Waals surface area contributed by atoms with Crippen LogP contribution in [0.1, 0.15) is 32.1 Å². The summed E-state index contributed by atoms with van der Waals surface area (Å²) in [5.74, 6) is 0. The van der Waals surface area contributed by atoms with Gasteiger partial charge in [0.05, 0.1) is 11.2 Å². The fourth-order valence-electron chi connectivity index (χ4n) is 2.14. The first-order chi connectivity index (χ1) is 7.34. The molecule has 2 rings (SSSR count). The monoisotopic (exact) mass is 227 g/mol. The zero-order chi connectivity index (χ0) is 10.5. The smallest absolute Gasteiger partial charge is 0.0785 e. The van der Waals surface area contributed by atoms with E-state index in [9.17, 15) is 0 Å². The van der Waals surface area contributed by atoms with Gasteiger partial charge in [-0.2, -0.15) is 5.10 Å². The Bertz CT molecular complexity index is 292. The lowest BCUT2D eigenvalue weighted by molar-refractivity contribution is 0.483. The van der Waals surface area contributed by atoms with Crippen LogP contribution < -0.4 is 5.32 Å². The van der Waals surface area contributed by atoms with E-state index in [4.69, 9.17) is 11.6 Å². The molecule has 1 aromatic heterocycles. The summed E-state index contributed by atoms with van der Waals surface area (Å²) in [5, 5.41) is 8.45. The normalized spacial score (nSPS) is 17.4. The van der Waals surface area contributed by atoms with Gasteiger partial charge in [-0.05, 0) is 25.8 Å². The topological polar surface area (TPSA) is 29.9 Å². The van der Waals surface area contributed by atoms with Gasteiger partial charge in [-0.1, -0.05) is 24.4 Å². The van der Waals surface area contributed by atoms with Gasteiger partial charge in [0.2, 0.25) is 0 Å². The number of hydrogen-bond donors (Lipinski definition) is 1. The summed E-state index contributed by atoms with van der Waals surface area (Å²) >= 11 is 5.78. The predicted octanol–water partition coefficient (Wildman–Crippen LogP) is 2.46. The second-order valence-corrected chi connectivity index (χ2v) is 4.65. The van der Waals surface area contributed by atoms with Crippen LogP contribution in [0.4, 0.5) is 0 Å². The molecule has 3 nitrogen and oxygen atoms in total. The largest absolute Gasteiger partial charge is 0.314 e. The van der Waals surface area contributed by atoms with Crippen molar-refractivity contribution in [3.05, 3.63) is 17.4 Å². The van der Waals surface area contributed by atoms with Crippen LogP contribution >= 0.6 is 11.6 Å². The number of aromatic nitrogens is 2. The molecule has 0 unspecified atom stereocenters. The van der Waals surface area contributed by atoms with Crippen molar-refractivity contribution in [2.24, 2.45) is 0 Å². The van der Waals surface area contributed by atoms with E-state index in [2.05, 4.69) is 10.4 Å². The van der Waals surface area contributed by atoms with Gasteiger partial charge >= 0.3 is 0 Å². The third-order valence-electron chi connectivity index (χ3n) is 2.95. The van der Waals surface area contributed by atoms with Crippen molar-refractivity contribution in [1.82, 2.24) is 15.1 Å². The highest BCUT2D eigenvalue weighted by atomic mass is 35.5. The molecule has 1 aliphatic carbocycles. The molecular weight excluding hydrogens is 210 g/mol. The van der Waals surface area contributed by atoms with E-state index in [1.165, 1.54) is 25.7 Å². The molecule has 1 fully saturated rings. The molecule has 1 saturated carbocycles. The van der Waals surface area contributed by atoms with Crippen LogP contribution in [-0.4, -0.2) is 22.4 Å². The predicted molar refractivity (Wildman–Crippen MR) is 62.1 cm³/mol. The number of rotatable bonds is 5. The Hall–Kier alpha value is -0.540. The summed E-state index contributed by atoms with van der Waals surface area (Å²) in [4.78, 5) is 0. The Labute approximate surface area is 95.8 Å². The van der Waals surface area contributed by atoms with E-state index in [1.54, 1.807) is 6.20 Å². The molecule has 0 spiro atoms. The van der Waals surface area contributed by atoms with E-state index in [0.717, 1.165) is 30.6 Å². The first-order valence-corrected chi connectivity index (χ1v) is 6.14. The molecule has 1 aromatic rings. The SMILES string of the molecule is Clc1cnn(CCCNC2CCCC2)c1. The van der Waals surface area contributed by atoms with Gasteiger partial charge in [0, 0.05) is 18.8 Å². The van der Waals surface area contributed by atoms with Crippen molar-refractivity contribution in [2.45, 2.75) is 44.7 Å². The van der Waals surface area contributed by atoms with Gasteiger partial charge in [0.15, 0.2) is 0 Å².